The van der Waals surface area contributed by atoms with Crippen molar-refractivity contribution in [2.24, 2.45) is 0 Å². The summed E-state index contributed by atoms with van der Waals surface area (Å²) in [4.78, 5) is 0. The molecule has 0 aliphatic carbocycles. The van der Waals surface area contributed by atoms with Crippen LogP contribution in [0, 0.1) is 0 Å². The molecule has 0 aliphatic rings. The van der Waals surface area contributed by atoms with E-state index in [2.05, 4.69) is 0 Å². The molecular formula is C8H18O3. The van der Waals surface area contributed by atoms with Crippen molar-refractivity contribution >= 4 is 0 Å². The summed E-state index contributed by atoms with van der Waals surface area (Å²) in [5, 5.41) is 9.05. The maximum Gasteiger partial charge on any atom is 0.154 e. The molecule has 2 atom stereocenters. The van der Waals surface area contributed by atoms with E-state index in [0.717, 1.165) is 0 Å². The van der Waals surface area contributed by atoms with E-state index in [-0.39, 0.29) is 6.10 Å². The van der Waals surface area contributed by atoms with Crippen LogP contribution in [0.3, 0.4) is 0 Å². The van der Waals surface area contributed by atoms with Gasteiger partial charge in [0.2, 0.25) is 0 Å². The monoisotopic (exact) mass is 162 g/mol. The molecule has 0 fully saturated rings. The van der Waals surface area contributed by atoms with E-state index in [1.165, 1.54) is 0 Å². The molecule has 0 aliphatic heterocycles. The fourth-order valence-electron chi connectivity index (χ4n) is 0.687. The van der Waals surface area contributed by atoms with Gasteiger partial charge in [-0.15, -0.1) is 0 Å². The molecule has 11 heavy (non-hydrogen) atoms. The van der Waals surface area contributed by atoms with Crippen molar-refractivity contribution < 1.29 is 14.6 Å². The molecule has 0 aromatic heterocycles. The molecule has 2 unspecified atom stereocenters. The Morgan fingerprint density at radius 2 is 2.00 bits per heavy atom. The van der Waals surface area contributed by atoms with Crippen molar-refractivity contribution in [1.82, 2.24) is 0 Å². The Labute approximate surface area is 68.3 Å². The van der Waals surface area contributed by atoms with Crippen LogP contribution in [0.15, 0.2) is 0 Å². The fraction of sp³-hybridized carbons (Fsp3) is 1.00. The van der Waals surface area contributed by atoms with E-state index in [0.29, 0.717) is 19.6 Å². The van der Waals surface area contributed by atoms with E-state index in [1.807, 2.05) is 20.8 Å². The van der Waals surface area contributed by atoms with E-state index >= 15 is 0 Å². The molecule has 0 aromatic carbocycles. The molecule has 0 amide bonds. The van der Waals surface area contributed by atoms with E-state index in [9.17, 15) is 0 Å². The van der Waals surface area contributed by atoms with Crippen LogP contribution in [0.4, 0.5) is 0 Å². The summed E-state index contributed by atoms with van der Waals surface area (Å²) in [6.07, 6.45) is -0.0495. The summed E-state index contributed by atoms with van der Waals surface area (Å²) in [5.41, 5.74) is 0. The molecule has 0 saturated heterocycles. The van der Waals surface area contributed by atoms with Crippen molar-refractivity contribution in [3.63, 3.8) is 0 Å². The summed E-state index contributed by atoms with van der Waals surface area (Å²) in [5.74, 6) is 0. The second kappa shape index (κ2) is 6.58. The predicted octanol–water partition coefficient (Wildman–Crippen LogP) is 1.16. The normalized spacial score (nSPS) is 16.4. The highest BCUT2D eigenvalue weighted by molar-refractivity contribution is 4.47. The highest BCUT2D eigenvalue weighted by Gasteiger charge is 2.06. The molecule has 0 rings (SSSR count). The molecule has 68 valence electrons. The van der Waals surface area contributed by atoms with Crippen molar-refractivity contribution in [1.29, 1.82) is 0 Å². The van der Waals surface area contributed by atoms with Crippen LogP contribution in [-0.2, 0) is 9.47 Å². The summed E-state index contributed by atoms with van der Waals surface area (Å²) < 4.78 is 10.2. The van der Waals surface area contributed by atoms with Gasteiger partial charge >= 0.3 is 0 Å². The lowest BCUT2D eigenvalue weighted by molar-refractivity contribution is -0.146. The van der Waals surface area contributed by atoms with Crippen molar-refractivity contribution in [3.05, 3.63) is 0 Å². The largest absolute Gasteiger partial charge is 0.379 e. The number of rotatable bonds is 6. The minimum Gasteiger partial charge on any atom is -0.379 e. The maximum atomic E-state index is 9.05. The van der Waals surface area contributed by atoms with Gasteiger partial charge in [0.15, 0.2) is 6.29 Å². The molecule has 0 radical (unpaired) electrons. The minimum absolute atomic E-state index is 0.0232. The van der Waals surface area contributed by atoms with Gasteiger partial charge in [-0.1, -0.05) is 6.92 Å². The average Bonchev–Trinajstić information content (AvgIpc) is 2.00. The van der Waals surface area contributed by atoms with Crippen LogP contribution in [0.1, 0.15) is 27.2 Å². The highest BCUT2D eigenvalue weighted by Crippen LogP contribution is 1.99. The average molecular weight is 162 g/mol. The van der Waals surface area contributed by atoms with Gasteiger partial charge in [0.25, 0.3) is 0 Å². The van der Waals surface area contributed by atoms with Gasteiger partial charge in [-0.2, -0.15) is 0 Å². The first-order chi connectivity index (χ1) is 5.20. The smallest absolute Gasteiger partial charge is 0.154 e. The Kier molecular flexibility index (Phi) is 6.51. The highest BCUT2D eigenvalue weighted by atomic mass is 16.6. The summed E-state index contributed by atoms with van der Waals surface area (Å²) in [7, 11) is 0. The van der Waals surface area contributed by atoms with Crippen LogP contribution in [0.25, 0.3) is 0 Å². The Morgan fingerprint density at radius 1 is 1.36 bits per heavy atom. The molecular weight excluding hydrogens is 144 g/mol. The number of ether oxygens (including phenoxy) is 2. The third-order valence-corrected chi connectivity index (χ3v) is 1.30. The molecule has 0 aromatic rings. The van der Waals surface area contributed by atoms with Crippen LogP contribution in [0.2, 0.25) is 0 Å². The Balaban J connectivity index is 3.27. The summed E-state index contributed by atoms with van der Waals surface area (Å²) >= 11 is 0. The first-order valence-corrected chi connectivity index (χ1v) is 4.12. The standard InChI is InChI=1S/C8H18O3/c1-4-8(9)11-7(3)6-10-5-2/h7-9H,4-6H2,1-3H3. The molecule has 0 heterocycles. The SMILES string of the molecule is CCOCC(C)OC(O)CC. The van der Waals surface area contributed by atoms with Gasteiger partial charge < -0.3 is 14.6 Å². The number of aliphatic hydroxyl groups excluding tert-OH is 1. The zero-order valence-corrected chi connectivity index (χ0v) is 7.54. The van der Waals surface area contributed by atoms with Crippen LogP contribution in [0.5, 0.6) is 0 Å². The fourth-order valence-corrected chi connectivity index (χ4v) is 0.687. The predicted molar refractivity (Wildman–Crippen MR) is 43.3 cm³/mol. The van der Waals surface area contributed by atoms with Gasteiger partial charge in [-0.05, 0) is 20.3 Å². The molecule has 0 spiro atoms. The quantitative estimate of drug-likeness (QED) is 0.595. The van der Waals surface area contributed by atoms with Crippen LogP contribution >= 0.6 is 0 Å². The molecule has 3 heteroatoms. The lowest BCUT2D eigenvalue weighted by atomic mass is 10.4. The number of aliphatic hydroxyl groups is 1. The van der Waals surface area contributed by atoms with Gasteiger partial charge in [0.1, 0.15) is 0 Å². The number of hydrogen-bond acceptors (Lipinski definition) is 3. The van der Waals surface area contributed by atoms with Gasteiger partial charge in [-0.3, -0.25) is 0 Å². The van der Waals surface area contributed by atoms with E-state index < -0.39 is 6.29 Å². The van der Waals surface area contributed by atoms with Crippen molar-refractivity contribution in [2.75, 3.05) is 13.2 Å². The Morgan fingerprint density at radius 3 is 2.45 bits per heavy atom. The second-order valence-corrected chi connectivity index (χ2v) is 2.47. The van der Waals surface area contributed by atoms with Crippen LogP contribution in [-0.4, -0.2) is 30.7 Å². The van der Waals surface area contributed by atoms with Gasteiger partial charge in [-0.25, -0.2) is 0 Å². The zero-order valence-electron chi connectivity index (χ0n) is 7.54. The van der Waals surface area contributed by atoms with Crippen LogP contribution < -0.4 is 0 Å². The minimum atomic E-state index is -0.648. The summed E-state index contributed by atoms with van der Waals surface area (Å²) in [6.45, 7) is 6.93. The topological polar surface area (TPSA) is 38.7 Å². The second-order valence-electron chi connectivity index (χ2n) is 2.47. The molecule has 0 saturated carbocycles. The Bertz CT molecular complexity index is 85.4. The van der Waals surface area contributed by atoms with E-state index in [1.54, 1.807) is 0 Å². The van der Waals surface area contributed by atoms with E-state index in [4.69, 9.17) is 14.6 Å². The lowest BCUT2D eigenvalue weighted by Crippen LogP contribution is -2.23. The summed E-state index contributed by atoms with van der Waals surface area (Å²) in [6, 6.07) is 0. The molecule has 3 nitrogen and oxygen atoms in total. The first-order valence-electron chi connectivity index (χ1n) is 4.12. The van der Waals surface area contributed by atoms with Gasteiger partial charge in [0, 0.05) is 6.61 Å². The Hall–Kier alpha value is -0.120. The first kappa shape index (κ1) is 10.9. The third-order valence-electron chi connectivity index (χ3n) is 1.30. The maximum absolute atomic E-state index is 9.05. The molecule has 1 N–H and O–H groups in total. The van der Waals surface area contributed by atoms with Crippen molar-refractivity contribution in [3.8, 4) is 0 Å². The third kappa shape index (κ3) is 6.28. The number of hydrogen-bond donors (Lipinski definition) is 1. The lowest BCUT2D eigenvalue weighted by Gasteiger charge is -2.16. The zero-order chi connectivity index (χ0) is 8.69. The van der Waals surface area contributed by atoms with Crippen molar-refractivity contribution in [2.45, 2.75) is 39.6 Å². The van der Waals surface area contributed by atoms with Gasteiger partial charge in [0.05, 0.1) is 12.7 Å². The molecule has 0 bridgehead atoms.